The molecular weight excluding hydrogens is 186 g/mol. The fraction of sp³-hybridized carbons (Fsp3) is 0.800. The van der Waals surface area contributed by atoms with Crippen molar-refractivity contribution in [3.05, 3.63) is 11.6 Å². The number of halogens is 1. The molecule has 1 aliphatic carbocycles. The van der Waals surface area contributed by atoms with Crippen LogP contribution in [-0.2, 0) is 4.74 Å². The van der Waals surface area contributed by atoms with Crippen molar-refractivity contribution >= 4 is 11.6 Å². The number of hydrogen-bond donors (Lipinski definition) is 1. The van der Waals surface area contributed by atoms with Crippen LogP contribution in [0.5, 0.6) is 0 Å². The van der Waals surface area contributed by atoms with Crippen molar-refractivity contribution in [2.45, 2.75) is 31.8 Å². The number of rotatable bonds is 4. The summed E-state index contributed by atoms with van der Waals surface area (Å²) in [6, 6.07) is 0. The van der Waals surface area contributed by atoms with Crippen LogP contribution in [0.25, 0.3) is 0 Å². The maximum atomic E-state index is 5.66. The Morgan fingerprint density at radius 2 is 2.15 bits per heavy atom. The summed E-state index contributed by atoms with van der Waals surface area (Å²) in [6.07, 6.45) is 5.13. The highest BCUT2D eigenvalue weighted by Gasteiger charge is 2.24. The predicted molar refractivity (Wildman–Crippen MR) is 55.7 cm³/mol. The molecule has 76 valence electrons. The molecule has 1 fully saturated rings. The number of hydrogen-bond acceptors (Lipinski definition) is 2. The molecule has 0 spiro atoms. The first-order valence-electron chi connectivity index (χ1n) is 4.89. The summed E-state index contributed by atoms with van der Waals surface area (Å²) in [4.78, 5) is 0. The van der Waals surface area contributed by atoms with E-state index in [9.17, 15) is 0 Å². The smallest absolute Gasteiger partial charge is 0.0820 e. The number of nitrogens with two attached hydrogens (primary N) is 1. The van der Waals surface area contributed by atoms with E-state index >= 15 is 0 Å². The molecule has 13 heavy (non-hydrogen) atoms. The molecule has 0 heterocycles. The van der Waals surface area contributed by atoms with Gasteiger partial charge in [-0.3, -0.25) is 0 Å². The molecule has 2 unspecified atom stereocenters. The van der Waals surface area contributed by atoms with E-state index in [1.807, 2.05) is 0 Å². The lowest BCUT2D eigenvalue weighted by Gasteiger charge is -2.30. The van der Waals surface area contributed by atoms with E-state index in [-0.39, 0.29) is 0 Å². The van der Waals surface area contributed by atoms with Crippen LogP contribution in [-0.4, -0.2) is 19.3 Å². The normalized spacial score (nSPS) is 28.8. The van der Waals surface area contributed by atoms with Gasteiger partial charge in [0.1, 0.15) is 0 Å². The second-order valence-corrected chi connectivity index (χ2v) is 4.18. The summed E-state index contributed by atoms with van der Waals surface area (Å²) in [5.74, 6) is 0.518. The molecule has 0 radical (unpaired) electrons. The van der Waals surface area contributed by atoms with E-state index in [4.69, 9.17) is 22.1 Å². The van der Waals surface area contributed by atoms with Gasteiger partial charge in [0.05, 0.1) is 12.7 Å². The quantitative estimate of drug-likeness (QED) is 0.761. The van der Waals surface area contributed by atoms with Gasteiger partial charge in [-0.15, -0.1) is 0 Å². The van der Waals surface area contributed by atoms with E-state index in [1.165, 1.54) is 19.3 Å². The summed E-state index contributed by atoms with van der Waals surface area (Å²) in [5.41, 5.74) is 5.66. The highest BCUT2D eigenvalue weighted by Crippen LogP contribution is 2.26. The van der Waals surface area contributed by atoms with Crippen molar-refractivity contribution < 1.29 is 4.74 Å². The van der Waals surface area contributed by atoms with Gasteiger partial charge in [-0.1, -0.05) is 31.0 Å². The SMILES string of the molecule is C=C(Cl)COC1CCCCC1CN. The molecule has 0 aromatic heterocycles. The van der Waals surface area contributed by atoms with Crippen molar-refractivity contribution in [2.75, 3.05) is 13.2 Å². The summed E-state index contributed by atoms with van der Waals surface area (Å²) in [6.45, 7) is 4.78. The van der Waals surface area contributed by atoms with Crippen molar-refractivity contribution in [1.29, 1.82) is 0 Å². The summed E-state index contributed by atoms with van der Waals surface area (Å²) in [7, 11) is 0. The highest BCUT2D eigenvalue weighted by atomic mass is 35.5. The first-order chi connectivity index (χ1) is 6.24. The average Bonchev–Trinajstić information content (AvgIpc) is 2.15. The highest BCUT2D eigenvalue weighted by molar-refractivity contribution is 6.29. The Kier molecular flexibility index (Phi) is 4.78. The van der Waals surface area contributed by atoms with E-state index in [2.05, 4.69) is 6.58 Å². The predicted octanol–water partition coefficient (Wildman–Crippen LogP) is 2.27. The second kappa shape index (κ2) is 5.63. The Bertz CT molecular complexity index is 172. The van der Waals surface area contributed by atoms with E-state index < -0.39 is 0 Å². The minimum atomic E-state index is 0.300. The first kappa shape index (κ1) is 11.0. The Balaban J connectivity index is 2.31. The van der Waals surface area contributed by atoms with Crippen LogP contribution < -0.4 is 5.73 Å². The topological polar surface area (TPSA) is 35.2 Å². The largest absolute Gasteiger partial charge is 0.372 e. The second-order valence-electron chi connectivity index (χ2n) is 3.65. The Morgan fingerprint density at radius 3 is 2.77 bits per heavy atom. The van der Waals surface area contributed by atoms with Gasteiger partial charge >= 0.3 is 0 Å². The van der Waals surface area contributed by atoms with Gasteiger partial charge in [-0.25, -0.2) is 0 Å². The fourth-order valence-electron chi connectivity index (χ4n) is 1.86. The number of ether oxygens (including phenoxy) is 1. The third-order valence-corrected chi connectivity index (χ3v) is 2.71. The molecule has 0 aromatic rings. The van der Waals surface area contributed by atoms with Crippen molar-refractivity contribution in [3.63, 3.8) is 0 Å². The molecular formula is C10H18ClNO. The van der Waals surface area contributed by atoms with Gasteiger partial charge in [-0.05, 0) is 25.3 Å². The maximum Gasteiger partial charge on any atom is 0.0820 e. The lowest BCUT2D eigenvalue weighted by molar-refractivity contribution is 0.00586. The molecule has 0 saturated heterocycles. The van der Waals surface area contributed by atoms with Crippen LogP contribution in [0.1, 0.15) is 25.7 Å². The van der Waals surface area contributed by atoms with Gasteiger partial charge in [-0.2, -0.15) is 0 Å². The van der Waals surface area contributed by atoms with Gasteiger partial charge in [0.25, 0.3) is 0 Å². The maximum absolute atomic E-state index is 5.66. The fourth-order valence-corrected chi connectivity index (χ4v) is 1.92. The molecule has 1 rings (SSSR count). The first-order valence-corrected chi connectivity index (χ1v) is 5.26. The molecule has 0 amide bonds. The molecule has 2 N–H and O–H groups in total. The van der Waals surface area contributed by atoms with E-state index in [0.29, 0.717) is 23.7 Å². The standard InChI is InChI=1S/C10H18ClNO/c1-8(11)7-13-10-5-3-2-4-9(10)6-12/h9-10H,1-7,12H2. The summed E-state index contributed by atoms with van der Waals surface area (Å²) >= 11 is 5.64. The lowest BCUT2D eigenvalue weighted by atomic mass is 9.86. The van der Waals surface area contributed by atoms with Crippen molar-refractivity contribution in [1.82, 2.24) is 0 Å². The zero-order valence-electron chi connectivity index (χ0n) is 7.97. The molecule has 1 saturated carbocycles. The lowest BCUT2D eigenvalue weighted by Crippen LogP contribution is -2.33. The minimum absolute atomic E-state index is 0.300. The van der Waals surface area contributed by atoms with Crippen LogP contribution in [0.2, 0.25) is 0 Å². The van der Waals surface area contributed by atoms with E-state index in [1.54, 1.807) is 0 Å². The Hall–Kier alpha value is -0.0500. The molecule has 2 atom stereocenters. The van der Waals surface area contributed by atoms with Crippen LogP contribution in [0.4, 0.5) is 0 Å². The van der Waals surface area contributed by atoms with Crippen LogP contribution in [0, 0.1) is 5.92 Å². The minimum Gasteiger partial charge on any atom is -0.372 e. The molecule has 0 aliphatic heterocycles. The third kappa shape index (κ3) is 3.67. The molecule has 2 nitrogen and oxygen atoms in total. The molecule has 3 heteroatoms. The van der Waals surface area contributed by atoms with Crippen molar-refractivity contribution in [3.8, 4) is 0 Å². The van der Waals surface area contributed by atoms with Gasteiger partial charge < -0.3 is 10.5 Å². The summed E-state index contributed by atoms with van der Waals surface area (Å²) in [5, 5.41) is 0.571. The zero-order valence-corrected chi connectivity index (χ0v) is 8.72. The van der Waals surface area contributed by atoms with Crippen LogP contribution in [0.3, 0.4) is 0 Å². The van der Waals surface area contributed by atoms with Crippen molar-refractivity contribution in [2.24, 2.45) is 11.7 Å². The van der Waals surface area contributed by atoms with Crippen LogP contribution in [0.15, 0.2) is 11.6 Å². The Morgan fingerprint density at radius 1 is 1.46 bits per heavy atom. The van der Waals surface area contributed by atoms with Crippen LogP contribution >= 0.6 is 11.6 Å². The monoisotopic (exact) mass is 203 g/mol. The Labute approximate surface area is 85.1 Å². The molecule has 1 aliphatic rings. The van der Waals surface area contributed by atoms with E-state index in [0.717, 1.165) is 13.0 Å². The van der Waals surface area contributed by atoms with Gasteiger partial charge in [0.15, 0.2) is 0 Å². The van der Waals surface area contributed by atoms with Gasteiger partial charge in [0, 0.05) is 5.03 Å². The molecule has 0 bridgehead atoms. The average molecular weight is 204 g/mol. The third-order valence-electron chi connectivity index (χ3n) is 2.60. The van der Waals surface area contributed by atoms with Gasteiger partial charge in [0.2, 0.25) is 0 Å². The zero-order chi connectivity index (χ0) is 9.68. The molecule has 0 aromatic carbocycles. The summed E-state index contributed by atoms with van der Waals surface area (Å²) < 4.78 is 5.64.